The molecule has 3 aliphatic rings. The fourth-order valence-corrected chi connectivity index (χ4v) is 5.62. The van der Waals surface area contributed by atoms with Gasteiger partial charge in [0.05, 0.1) is 19.9 Å². The lowest BCUT2D eigenvalue weighted by atomic mass is 9.80. The second-order valence-corrected chi connectivity index (χ2v) is 9.07. The van der Waals surface area contributed by atoms with Gasteiger partial charge in [0, 0.05) is 31.2 Å². The molecule has 2 aromatic rings. The summed E-state index contributed by atoms with van der Waals surface area (Å²) < 4.78 is 5.36. The van der Waals surface area contributed by atoms with Gasteiger partial charge < -0.3 is 25.0 Å². The molecule has 6 heteroatoms. The molecule has 2 saturated heterocycles. The molecule has 164 valence electrons. The Bertz CT molecular complexity index is 940. The van der Waals surface area contributed by atoms with Crippen molar-refractivity contribution in [3.8, 4) is 5.75 Å². The number of carbonyl (C=O) groups excluding carboxylic acids is 1. The number of ether oxygens (including phenoxy) is 1. The summed E-state index contributed by atoms with van der Waals surface area (Å²) in [5.74, 6) is 1.15. The molecule has 0 unspecified atom stereocenters. The van der Waals surface area contributed by atoms with Crippen LogP contribution >= 0.6 is 0 Å². The van der Waals surface area contributed by atoms with Crippen molar-refractivity contribution in [2.45, 2.75) is 37.3 Å². The lowest BCUT2D eigenvalue weighted by Crippen LogP contribution is -2.57. The maximum atomic E-state index is 12.9. The number of rotatable bonds is 4. The second-order valence-electron chi connectivity index (χ2n) is 9.07. The number of amides is 1. The number of aryl methyl sites for hydroxylation is 1. The van der Waals surface area contributed by atoms with Crippen LogP contribution in [-0.2, 0) is 11.2 Å². The van der Waals surface area contributed by atoms with Crippen molar-refractivity contribution in [1.29, 1.82) is 0 Å². The smallest absolute Gasteiger partial charge is 0.247 e. The minimum atomic E-state index is -0.467. The van der Waals surface area contributed by atoms with Gasteiger partial charge in [0.2, 0.25) is 5.91 Å². The quantitative estimate of drug-likeness (QED) is 0.795. The number of nitrogens with zero attached hydrogens (tertiary/aromatic N) is 2. The van der Waals surface area contributed by atoms with Crippen LogP contribution in [-0.4, -0.2) is 54.9 Å². The molecule has 1 amide bonds. The van der Waals surface area contributed by atoms with Gasteiger partial charge in [-0.25, -0.2) is 0 Å². The minimum absolute atomic E-state index is 0.148. The van der Waals surface area contributed by atoms with Crippen LogP contribution in [0.3, 0.4) is 0 Å². The lowest BCUT2D eigenvalue weighted by molar-refractivity contribution is -0.125. The van der Waals surface area contributed by atoms with Crippen molar-refractivity contribution < 1.29 is 14.6 Å². The maximum absolute atomic E-state index is 12.9. The first-order valence-electron chi connectivity index (χ1n) is 11.3. The number of nitrogens with one attached hydrogen (secondary N) is 1. The highest BCUT2D eigenvalue weighted by molar-refractivity contribution is 5.93. The van der Waals surface area contributed by atoms with Gasteiger partial charge in [-0.05, 0) is 61.1 Å². The Labute approximate surface area is 183 Å². The Morgan fingerprint density at radius 1 is 1.16 bits per heavy atom. The molecular weight excluding hydrogens is 390 g/mol. The van der Waals surface area contributed by atoms with Crippen molar-refractivity contribution >= 4 is 11.6 Å². The van der Waals surface area contributed by atoms with E-state index in [-0.39, 0.29) is 11.8 Å². The topological polar surface area (TPSA) is 65.0 Å². The first-order chi connectivity index (χ1) is 15.1. The van der Waals surface area contributed by atoms with Gasteiger partial charge in [-0.15, -0.1) is 0 Å². The third-order valence-corrected chi connectivity index (χ3v) is 7.48. The van der Waals surface area contributed by atoms with Crippen molar-refractivity contribution in [1.82, 2.24) is 10.2 Å². The molecule has 0 saturated carbocycles. The molecule has 2 atom stereocenters. The first kappa shape index (κ1) is 20.3. The summed E-state index contributed by atoms with van der Waals surface area (Å²) in [6.45, 7) is 3.17. The molecule has 6 nitrogen and oxygen atoms in total. The Morgan fingerprint density at radius 3 is 2.68 bits per heavy atom. The highest BCUT2D eigenvalue weighted by Gasteiger charge is 2.50. The molecule has 2 aliphatic heterocycles. The number of para-hydroxylation sites is 1. The number of aliphatic hydroxyl groups excluding tert-OH is 1. The normalized spacial score (nSPS) is 25.4. The number of piperidine rings is 1. The van der Waals surface area contributed by atoms with Gasteiger partial charge in [-0.2, -0.15) is 0 Å². The van der Waals surface area contributed by atoms with Gasteiger partial charge in [0.1, 0.15) is 11.3 Å². The summed E-state index contributed by atoms with van der Waals surface area (Å²) in [6.07, 6.45) is 3.12. The number of hydrogen-bond donors (Lipinski definition) is 2. The summed E-state index contributed by atoms with van der Waals surface area (Å²) in [7, 11) is 1.66. The van der Waals surface area contributed by atoms with Gasteiger partial charge in [-0.3, -0.25) is 4.79 Å². The zero-order valence-electron chi connectivity index (χ0n) is 18.1. The number of anilines is 1. The molecule has 2 fully saturated rings. The predicted molar refractivity (Wildman–Crippen MR) is 120 cm³/mol. The minimum Gasteiger partial charge on any atom is -0.497 e. The van der Waals surface area contributed by atoms with E-state index < -0.39 is 11.6 Å². The van der Waals surface area contributed by atoms with E-state index in [9.17, 15) is 9.90 Å². The molecular formula is C25H31N3O3. The number of fused-ring (bicyclic) bond motifs is 1. The third-order valence-electron chi connectivity index (χ3n) is 7.48. The molecule has 0 radical (unpaired) electrons. The van der Waals surface area contributed by atoms with Crippen LogP contribution < -0.4 is 15.0 Å². The van der Waals surface area contributed by atoms with Crippen molar-refractivity contribution in [3.63, 3.8) is 0 Å². The Hall–Kier alpha value is -2.57. The molecule has 2 N–H and O–H groups in total. The maximum Gasteiger partial charge on any atom is 0.247 e. The van der Waals surface area contributed by atoms with E-state index in [0.717, 1.165) is 62.3 Å². The summed E-state index contributed by atoms with van der Waals surface area (Å²) in [5, 5.41) is 14.1. The Kier molecular flexibility index (Phi) is 5.36. The number of methoxy groups -OCH3 is 1. The van der Waals surface area contributed by atoms with Crippen molar-refractivity contribution in [3.05, 3.63) is 59.7 Å². The zero-order valence-corrected chi connectivity index (χ0v) is 18.1. The van der Waals surface area contributed by atoms with Gasteiger partial charge in [-0.1, -0.05) is 24.3 Å². The fourth-order valence-electron chi connectivity index (χ4n) is 5.62. The van der Waals surface area contributed by atoms with E-state index in [2.05, 4.69) is 33.3 Å². The summed E-state index contributed by atoms with van der Waals surface area (Å²) in [4.78, 5) is 17.5. The van der Waals surface area contributed by atoms with E-state index in [4.69, 9.17) is 4.74 Å². The van der Waals surface area contributed by atoms with Crippen LogP contribution in [0.2, 0.25) is 0 Å². The predicted octanol–water partition coefficient (Wildman–Crippen LogP) is 2.72. The third kappa shape index (κ3) is 3.58. The van der Waals surface area contributed by atoms with Gasteiger partial charge in [0.25, 0.3) is 0 Å². The standard InChI is InChI=1S/C25H31N3O3/c1-31-21-10-9-18-7-8-19(23(29)22(18)15-21)16-27-13-11-25(12-14-27)24(30)26-17-28(25)20-5-3-2-4-6-20/h2-6,9-10,15,19,23,29H,7-8,11-14,16-17H2,1H3,(H,26,30)/t19-,23-/m0/s1. The number of hydrogen-bond acceptors (Lipinski definition) is 5. The second kappa shape index (κ2) is 8.17. The van der Waals surface area contributed by atoms with Gasteiger partial charge >= 0.3 is 0 Å². The zero-order chi connectivity index (χ0) is 21.4. The molecule has 0 aromatic heterocycles. The highest BCUT2D eigenvalue weighted by Crippen LogP contribution is 2.39. The molecule has 0 bridgehead atoms. The fraction of sp³-hybridized carbons (Fsp3) is 0.480. The van der Waals surface area contributed by atoms with E-state index >= 15 is 0 Å². The molecule has 2 heterocycles. The van der Waals surface area contributed by atoms with E-state index in [1.165, 1.54) is 5.56 Å². The Balaban J connectivity index is 1.26. The van der Waals surface area contributed by atoms with E-state index in [0.29, 0.717) is 6.67 Å². The van der Waals surface area contributed by atoms with Crippen LogP contribution in [0, 0.1) is 5.92 Å². The average Bonchev–Trinajstić information content (AvgIpc) is 3.13. The SMILES string of the molecule is COc1ccc2c(c1)[C@@H](O)[C@H](CN1CCC3(CC1)C(=O)NCN3c1ccccc1)CC2. The highest BCUT2D eigenvalue weighted by atomic mass is 16.5. The lowest BCUT2D eigenvalue weighted by Gasteiger charge is -2.44. The average molecular weight is 422 g/mol. The first-order valence-corrected chi connectivity index (χ1v) is 11.3. The monoisotopic (exact) mass is 421 g/mol. The Morgan fingerprint density at radius 2 is 1.94 bits per heavy atom. The van der Waals surface area contributed by atoms with Crippen LogP contribution in [0.25, 0.3) is 0 Å². The molecule has 5 rings (SSSR count). The summed E-state index contributed by atoms with van der Waals surface area (Å²) in [5.41, 5.74) is 2.88. The largest absolute Gasteiger partial charge is 0.497 e. The number of benzene rings is 2. The van der Waals surface area contributed by atoms with E-state index in [1.54, 1.807) is 7.11 Å². The molecule has 2 aromatic carbocycles. The van der Waals surface area contributed by atoms with Crippen LogP contribution in [0.4, 0.5) is 5.69 Å². The number of likely N-dealkylation sites (tertiary alicyclic amines) is 1. The van der Waals surface area contributed by atoms with Crippen LogP contribution in [0.15, 0.2) is 48.5 Å². The van der Waals surface area contributed by atoms with Gasteiger partial charge in [0.15, 0.2) is 0 Å². The molecule has 1 spiro atoms. The number of carbonyl (C=O) groups is 1. The van der Waals surface area contributed by atoms with Crippen LogP contribution in [0.5, 0.6) is 5.75 Å². The summed E-state index contributed by atoms with van der Waals surface area (Å²) in [6, 6.07) is 16.3. The molecule has 1 aliphatic carbocycles. The van der Waals surface area contributed by atoms with Crippen LogP contribution in [0.1, 0.15) is 36.5 Å². The van der Waals surface area contributed by atoms with Crippen molar-refractivity contribution in [2.24, 2.45) is 5.92 Å². The summed E-state index contributed by atoms with van der Waals surface area (Å²) >= 11 is 0. The number of aliphatic hydroxyl groups is 1. The van der Waals surface area contributed by atoms with E-state index in [1.807, 2.05) is 30.3 Å². The van der Waals surface area contributed by atoms with Crippen molar-refractivity contribution in [2.75, 3.05) is 38.3 Å². The molecule has 31 heavy (non-hydrogen) atoms.